The van der Waals surface area contributed by atoms with Crippen LogP contribution in [-0.4, -0.2) is 58.7 Å². The van der Waals surface area contributed by atoms with Gasteiger partial charge in [-0.05, 0) is 24.6 Å². The summed E-state index contributed by atoms with van der Waals surface area (Å²) in [6.07, 6.45) is 0.357. The van der Waals surface area contributed by atoms with Crippen molar-refractivity contribution in [3.63, 3.8) is 0 Å². The van der Waals surface area contributed by atoms with Crippen molar-refractivity contribution in [1.82, 2.24) is 9.80 Å². The van der Waals surface area contributed by atoms with Crippen LogP contribution < -0.4 is 0 Å². The first kappa shape index (κ1) is 17.1. The molecular formula is C15H15BrN2O5. The van der Waals surface area contributed by atoms with Gasteiger partial charge in [-0.25, -0.2) is 0 Å². The largest absolute Gasteiger partial charge is 0.480 e. The molecule has 2 rings (SSSR count). The molecule has 0 bridgehead atoms. The van der Waals surface area contributed by atoms with E-state index >= 15 is 0 Å². The van der Waals surface area contributed by atoms with Gasteiger partial charge in [-0.2, -0.15) is 0 Å². The predicted octanol–water partition coefficient (Wildman–Crippen LogP) is 1.37. The van der Waals surface area contributed by atoms with Crippen molar-refractivity contribution in [2.45, 2.75) is 12.8 Å². The van der Waals surface area contributed by atoms with Gasteiger partial charge < -0.3 is 10.0 Å². The molecule has 1 aliphatic heterocycles. The van der Waals surface area contributed by atoms with E-state index < -0.39 is 5.97 Å². The first-order valence-electron chi connectivity index (χ1n) is 6.92. The Kier molecular flexibility index (Phi) is 5.15. The summed E-state index contributed by atoms with van der Waals surface area (Å²) in [7, 11) is 1.40. The normalized spacial score (nSPS) is 13.2. The number of hydrogen-bond acceptors (Lipinski definition) is 4. The third-order valence-electron chi connectivity index (χ3n) is 3.50. The van der Waals surface area contributed by atoms with E-state index in [-0.39, 0.29) is 43.7 Å². The maximum atomic E-state index is 12.2. The molecule has 122 valence electrons. The van der Waals surface area contributed by atoms with Gasteiger partial charge in [0.15, 0.2) is 0 Å². The average molecular weight is 383 g/mol. The Balaban J connectivity index is 1.93. The molecule has 7 nitrogen and oxygen atoms in total. The number of likely N-dealkylation sites (N-methyl/N-ethyl adjacent to an activating group) is 1. The van der Waals surface area contributed by atoms with Crippen LogP contribution in [-0.2, 0) is 9.59 Å². The van der Waals surface area contributed by atoms with Crippen molar-refractivity contribution in [2.75, 3.05) is 20.1 Å². The minimum Gasteiger partial charge on any atom is -0.480 e. The number of carboxylic acids is 1. The number of fused-ring (bicyclic) bond motifs is 1. The summed E-state index contributed by atoms with van der Waals surface area (Å²) in [5.74, 6) is -2.18. The highest BCUT2D eigenvalue weighted by atomic mass is 79.9. The molecule has 0 saturated carbocycles. The van der Waals surface area contributed by atoms with Crippen LogP contribution in [0.4, 0.5) is 0 Å². The lowest BCUT2D eigenvalue weighted by Crippen LogP contribution is -2.34. The highest BCUT2D eigenvalue weighted by Crippen LogP contribution is 2.26. The van der Waals surface area contributed by atoms with Gasteiger partial charge in [0.2, 0.25) is 5.91 Å². The van der Waals surface area contributed by atoms with Crippen LogP contribution in [0, 0.1) is 0 Å². The molecule has 0 saturated heterocycles. The lowest BCUT2D eigenvalue weighted by molar-refractivity contribution is -0.143. The molecule has 1 N–H and O–H groups in total. The van der Waals surface area contributed by atoms with Crippen LogP contribution in [0.25, 0.3) is 0 Å². The average Bonchev–Trinajstić information content (AvgIpc) is 2.70. The molecule has 0 fully saturated rings. The summed E-state index contributed by atoms with van der Waals surface area (Å²) in [6.45, 7) is -0.253. The van der Waals surface area contributed by atoms with Gasteiger partial charge in [0.25, 0.3) is 11.8 Å². The summed E-state index contributed by atoms with van der Waals surface area (Å²) < 4.78 is 0.713. The monoisotopic (exact) mass is 382 g/mol. The third-order valence-corrected chi connectivity index (χ3v) is 4.00. The van der Waals surface area contributed by atoms with E-state index in [0.717, 1.165) is 9.80 Å². The second kappa shape index (κ2) is 6.91. The van der Waals surface area contributed by atoms with Crippen LogP contribution in [0.2, 0.25) is 0 Å². The Morgan fingerprint density at radius 1 is 1.22 bits per heavy atom. The molecule has 1 aromatic carbocycles. The number of rotatable bonds is 6. The predicted molar refractivity (Wildman–Crippen MR) is 84.0 cm³/mol. The number of hydrogen-bond donors (Lipinski definition) is 1. The highest BCUT2D eigenvalue weighted by molar-refractivity contribution is 9.10. The molecule has 1 aliphatic rings. The summed E-state index contributed by atoms with van der Waals surface area (Å²) >= 11 is 3.26. The second-order valence-corrected chi connectivity index (χ2v) is 6.11. The molecule has 0 unspecified atom stereocenters. The van der Waals surface area contributed by atoms with E-state index in [4.69, 9.17) is 5.11 Å². The SMILES string of the molecule is CN(CC(=O)O)C(=O)CCCN1C(=O)c2ccc(Br)cc2C1=O. The Morgan fingerprint density at radius 3 is 2.52 bits per heavy atom. The maximum Gasteiger partial charge on any atom is 0.323 e. The van der Waals surface area contributed by atoms with Crippen LogP contribution >= 0.6 is 15.9 Å². The number of carbonyl (C=O) groups excluding carboxylic acids is 3. The number of nitrogens with zero attached hydrogens (tertiary/aromatic N) is 2. The Labute approximate surface area is 141 Å². The quantitative estimate of drug-likeness (QED) is 0.749. The smallest absolute Gasteiger partial charge is 0.323 e. The van der Waals surface area contributed by atoms with Gasteiger partial charge in [-0.15, -0.1) is 0 Å². The van der Waals surface area contributed by atoms with E-state index in [0.29, 0.717) is 15.6 Å². The fraction of sp³-hybridized carbons (Fsp3) is 0.333. The Morgan fingerprint density at radius 2 is 1.87 bits per heavy atom. The summed E-state index contributed by atoms with van der Waals surface area (Å²) in [5, 5.41) is 8.63. The zero-order chi connectivity index (χ0) is 17.1. The molecule has 3 amide bonds. The van der Waals surface area contributed by atoms with Gasteiger partial charge in [0, 0.05) is 24.5 Å². The molecule has 0 atom stereocenters. The van der Waals surface area contributed by atoms with Crippen LogP contribution in [0.1, 0.15) is 33.6 Å². The number of carboxylic acid groups (broad SMARTS) is 1. The van der Waals surface area contributed by atoms with Gasteiger partial charge in [-0.3, -0.25) is 24.1 Å². The topological polar surface area (TPSA) is 95.0 Å². The van der Waals surface area contributed by atoms with Gasteiger partial charge in [-0.1, -0.05) is 15.9 Å². The minimum atomic E-state index is -1.09. The number of aliphatic carboxylic acids is 1. The maximum absolute atomic E-state index is 12.2. The lowest BCUT2D eigenvalue weighted by Gasteiger charge is -2.16. The van der Waals surface area contributed by atoms with Gasteiger partial charge in [0.1, 0.15) is 6.54 Å². The molecule has 23 heavy (non-hydrogen) atoms. The fourth-order valence-electron chi connectivity index (χ4n) is 2.34. The molecule has 0 aliphatic carbocycles. The molecular weight excluding hydrogens is 368 g/mol. The highest BCUT2D eigenvalue weighted by Gasteiger charge is 2.35. The lowest BCUT2D eigenvalue weighted by atomic mass is 10.1. The molecule has 1 aromatic rings. The van der Waals surface area contributed by atoms with Crippen molar-refractivity contribution in [3.8, 4) is 0 Å². The van der Waals surface area contributed by atoms with E-state index in [1.807, 2.05) is 0 Å². The molecule has 1 heterocycles. The summed E-state index contributed by atoms with van der Waals surface area (Å²) in [5.41, 5.74) is 0.700. The van der Waals surface area contributed by atoms with Crippen molar-refractivity contribution in [1.29, 1.82) is 0 Å². The van der Waals surface area contributed by atoms with Gasteiger partial charge in [0.05, 0.1) is 11.1 Å². The second-order valence-electron chi connectivity index (χ2n) is 5.20. The Bertz CT molecular complexity index is 688. The van der Waals surface area contributed by atoms with Crippen LogP contribution in [0.3, 0.4) is 0 Å². The first-order valence-corrected chi connectivity index (χ1v) is 7.72. The van der Waals surface area contributed by atoms with E-state index in [1.165, 1.54) is 7.05 Å². The van der Waals surface area contributed by atoms with Gasteiger partial charge >= 0.3 is 5.97 Å². The summed E-state index contributed by atoms with van der Waals surface area (Å²) in [6, 6.07) is 4.88. The molecule has 0 aromatic heterocycles. The van der Waals surface area contributed by atoms with E-state index in [9.17, 15) is 19.2 Å². The summed E-state index contributed by atoms with van der Waals surface area (Å²) in [4.78, 5) is 48.9. The minimum absolute atomic E-state index is 0.0703. The standard InChI is InChI=1S/C15H15BrN2O5/c1-17(8-13(20)21)12(19)3-2-6-18-14(22)10-5-4-9(16)7-11(10)15(18)23/h4-5,7H,2-3,6,8H2,1H3,(H,20,21). The molecule has 0 radical (unpaired) electrons. The zero-order valence-corrected chi connectivity index (χ0v) is 14.0. The first-order chi connectivity index (χ1) is 10.8. The number of carbonyl (C=O) groups is 4. The number of amides is 3. The fourth-order valence-corrected chi connectivity index (χ4v) is 2.70. The van der Waals surface area contributed by atoms with Crippen molar-refractivity contribution in [2.24, 2.45) is 0 Å². The van der Waals surface area contributed by atoms with E-state index in [2.05, 4.69) is 15.9 Å². The number of benzene rings is 1. The van der Waals surface area contributed by atoms with Crippen molar-refractivity contribution >= 4 is 39.6 Å². The van der Waals surface area contributed by atoms with Crippen molar-refractivity contribution in [3.05, 3.63) is 33.8 Å². The number of imide groups is 1. The van der Waals surface area contributed by atoms with Crippen molar-refractivity contribution < 1.29 is 24.3 Å². The van der Waals surface area contributed by atoms with E-state index in [1.54, 1.807) is 18.2 Å². The number of halogens is 1. The van der Waals surface area contributed by atoms with Crippen LogP contribution in [0.15, 0.2) is 22.7 Å². The molecule has 8 heteroatoms. The Hall–Kier alpha value is -2.22. The molecule has 0 spiro atoms. The van der Waals surface area contributed by atoms with Crippen LogP contribution in [0.5, 0.6) is 0 Å². The zero-order valence-electron chi connectivity index (χ0n) is 12.4. The third kappa shape index (κ3) is 3.76.